The van der Waals surface area contributed by atoms with Crippen LogP contribution in [-0.2, 0) is 26.2 Å². The molecule has 0 saturated heterocycles. The number of amides is 2. The summed E-state index contributed by atoms with van der Waals surface area (Å²) in [5, 5.41) is 3.68. The molecule has 2 aromatic carbocycles. The van der Waals surface area contributed by atoms with E-state index in [1.54, 1.807) is 49.4 Å². The first-order chi connectivity index (χ1) is 16.8. The first-order valence-corrected chi connectivity index (χ1v) is 14.1. The predicted octanol–water partition coefficient (Wildman–Crippen LogP) is 4.49. The second-order valence-corrected chi connectivity index (χ2v) is 11.5. The molecule has 0 fully saturated rings. The molecule has 8 nitrogen and oxygen atoms in total. The zero-order valence-corrected chi connectivity index (χ0v) is 23.5. The lowest BCUT2D eigenvalue weighted by molar-refractivity contribution is -0.140. The topological polar surface area (TPSA) is 96.0 Å². The Morgan fingerprint density at radius 1 is 1.06 bits per heavy atom. The average molecular weight is 559 g/mol. The fourth-order valence-electron chi connectivity index (χ4n) is 3.57. The van der Waals surface area contributed by atoms with Gasteiger partial charge < -0.3 is 15.0 Å². The molecule has 0 aromatic heterocycles. The molecule has 0 aliphatic carbocycles. The number of benzene rings is 2. The van der Waals surface area contributed by atoms with Crippen molar-refractivity contribution in [1.82, 2.24) is 10.2 Å². The fraction of sp³-hybridized carbons (Fsp3) is 0.440. The third kappa shape index (κ3) is 8.57. The molecule has 36 heavy (non-hydrogen) atoms. The van der Waals surface area contributed by atoms with Gasteiger partial charge in [-0.3, -0.25) is 13.9 Å². The van der Waals surface area contributed by atoms with E-state index in [4.69, 9.17) is 27.9 Å². The summed E-state index contributed by atoms with van der Waals surface area (Å²) in [5.41, 5.74) is 1.12. The molecule has 2 rings (SSSR count). The Bertz CT molecular complexity index is 1160. The fourth-order valence-corrected chi connectivity index (χ4v) is 5.01. The minimum Gasteiger partial charge on any atom is -0.497 e. The molecule has 0 spiro atoms. The molecule has 1 atom stereocenters. The summed E-state index contributed by atoms with van der Waals surface area (Å²) in [5.74, 6) is 0.0163. The van der Waals surface area contributed by atoms with Gasteiger partial charge in [0.1, 0.15) is 11.8 Å². The maximum atomic E-state index is 13.3. The molecule has 0 heterocycles. The second-order valence-electron chi connectivity index (χ2n) is 8.73. The average Bonchev–Trinajstić information content (AvgIpc) is 2.79. The van der Waals surface area contributed by atoms with Gasteiger partial charge in [0.15, 0.2) is 0 Å². The molecule has 0 aliphatic rings. The number of rotatable bonds is 12. The van der Waals surface area contributed by atoms with Crippen molar-refractivity contribution >= 4 is 50.7 Å². The number of hydrogen-bond donors (Lipinski definition) is 1. The van der Waals surface area contributed by atoms with E-state index in [9.17, 15) is 18.0 Å². The van der Waals surface area contributed by atoms with Crippen LogP contribution in [0, 0.1) is 0 Å². The molecular weight excluding hydrogens is 525 g/mol. The van der Waals surface area contributed by atoms with Crippen molar-refractivity contribution < 1.29 is 22.7 Å². The standard InChI is InChI=1S/C25H33Cl2N3O5S/c1-17(2)28-25(32)18(3)29(16-19-8-9-20(26)15-23(19)27)24(31)7-6-14-30(36(5,33)34)21-10-12-22(35-4)13-11-21/h8-13,15,17-18H,6-7,14,16H2,1-5H3,(H,28,32). The number of halogens is 2. The first-order valence-electron chi connectivity index (χ1n) is 11.5. The highest BCUT2D eigenvalue weighted by Crippen LogP contribution is 2.25. The normalized spacial score (nSPS) is 12.2. The van der Waals surface area contributed by atoms with Crippen LogP contribution in [0.2, 0.25) is 10.0 Å². The molecule has 1 unspecified atom stereocenters. The lowest BCUT2D eigenvalue weighted by Gasteiger charge is -2.30. The molecule has 0 aliphatic heterocycles. The van der Waals surface area contributed by atoms with E-state index < -0.39 is 16.1 Å². The predicted molar refractivity (Wildman–Crippen MR) is 144 cm³/mol. The van der Waals surface area contributed by atoms with Gasteiger partial charge in [-0.1, -0.05) is 29.3 Å². The lowest BCUT2D eigenvalue weighted by atomic mass is 10.1. The van der Waals surface area contributed by atoms with Gasteiger partial charge in [0.05, 0.1) is 19.1 Å². The van der Waals surface area contributed by atoms with E-state index in [0.717, 1.165) is 6.26 Å². The van der Waals surface area contributed by atoms with Crippen LogP contribution >= 0.6 is 23.2 Å². The van der Waals surface area contributed by atoms with E-state index in [1.807, 2.05) is 13.8 Å². The highest BCUT2D eigenvalue weighted by atomic mass is 35.5. The number of carbonyl (C=O) groups excluding carboxylic acids is 2. The number of hydrogen-bond acceptors (Lipinski definition) is 5. The van der Waals surface area contributed by atoms with Crippen molar-refractivity contribution in [1.29, 1.82) is 0 Å². The second kappa shape index (κ2) is 13.2. The van der Waals surface area contributed by atoms with Crippen LogP contribution < -0.4 is 14.4 Å². The maximum Gasteiger partial charge on any atom is 0.242 e. The van der Waals surface area contributed by atoms with Crippen molar-refractivity contribution in [2.75, 3.05) is 24.2 Å². The Hall–Kier alpha value is -2.49. The van der Waals surface area contributed by atoms with Crippen LogP contribution in [0.4, 0.5) is 5.69 Å². The SMILES string of the molecule is COc1ccc(N(CCCC(=O)N(Cc2ccc(Cl)cc2Cl)C(C)C(=O)NC(C)C)S(C)(=O)=O)cc1. The van der Waals surface area contributed by atoms with Crippen molar-refractivity contribution in [2.45, 2.75) is 52.2 Å². The van der Waals surface area contributed by atoms with E-state index in [0.29, 0.717) is 27.0 Å². The van der Waals surface area contributed by atoms with Crippen LogP contribution in [0.25, 0.3) is 0 Å². The number of ether oxygens (including phenoxy) is 1. The highest BCUT2D eigenvalue weighted by Gasteiger charge is 2.27. The van der Waals surface area contributed by atoms with E-state index in [2.05, 4.69) is 5.32 Å². The first kappa shape index (κ1) is 29.7. The molecule has 0 saturated carbocycles. The molecule has 1 N–H and O–H groups in total. The van der Waals surface area contributed by atoms with Crippen molar-refractivity contribution in [2.24, 2.45) is 0 Å². The smallest absolute Gasteiger partial charge is 0.242 e. The summed E-state index contributed by atoms with van der Waals surface area (Å²) in [6.45, 7) is 5.53. The van der Waals surface area contributed by atoms with Gasteiger partial charge in [-0.05, 0) is 69.2 Å². The Morgan fingerprint density at radius 3 is 2.22 bits per heavy atom. The summed E-state index contributed by atoms with van der Waals surface area (Å²) in [4.78, 5) is 27.5. The van der Waals surface area contributed by atoms with Gasteiger partial charge in [-0.15, -0.1) is 0 Å². The number of anilines is 1. The van der Waals surface area contributed by atoms with Gasteiger partial charge in [0, 0.05) is 35.6 Å². The highest BCUT2D eigenvalue weighted by molar-refractivity contribution is 7.92. The maximum absolute atomic E-state index is 13.3. The van der Waals surface area contributed by atoms with Crippen molar-refractivity contribution in [3.05, 3.63) is 58.1 Å². The van der Waals surface area contributed by atoms with Crippen molar-refractivity contribution in [3.63, 3.8) is 0 Å². The van der Waals surface area contributed by atoms with Gasteiger partial charge in [-0.25, -0.2) is 8.42 Å². The quantitative estimate of drug-likeness (QED) is 0.414. The van der Waals surface area contributed by atoms with Crippen LogP contribution in [0.5, 0.6) is 5.75 Å². The van der Waals surface area contributed by atoms with Crippen LogP contribution in [-0.4, -0.2) is 57.1 Å². The number of methoxy groups -OCH3 is 1. The third-order valence-electron chi connectivity index (χ3n) is 5.47. The van der Waals surface area contributed by atoms with Crippen LogP contribution in [0.1, 0.15) is 39.2 Å². The van der Waals surface area contributed by atoms with Gasteiger partial charge in [0.25, 0.3) is 0 Å². The molecule has 0 bridgehead atoms. The van der Waals surface area contributed by atoms with E-state index >= 15 is 0 Å². The molecule has 11 heteroatoms. The summed E-state index contributed by atoms with van der Waals surface area (Å²) in [6.07, 6.45) is 1.40. The zero-order chi connectivity index (χ0) is 27.0. The largest absolute Gasteiger partial charge is 0.497 e. The molecule has 0 radical (unpaired) electrons. The number of nitrogens with zero attached hydrogens (tertiary/aromatic N) is 2. The number of carbonyl (C=O) groups is 2. The summed E-state index contributed by atoms with van der Waals surface area (Å²) in [6, 6.07) is 10.7. The monoisotopic (exact) mass is 557 g/mol. The molecule has 2 amide bonds. The Kier molecular flexibility index (Phi) is 10.9. The van der Waals surface area contributed by atoms with Crippen LogP contribution in [0.15, 0.2) is 42.5 Å². The zero-order valence-electron chi connectivity index (χ0n) is 21.1. The van der Waals surface area contributed by atoms with E-state index in [1.165, 1.54) is 16.3 Å². The minimum atomic E-state index is -3.58. The summed E-state index contributed by atoms with van der Waals surface area (Å²) < 4.78 is 31.2. The van der Waals surface area contributed by atoms with Gasteiger partial charge in [-0.2, -0.15) is 0 Å². The molecule has 2 aromatic rings. The molecule has 198 valence electrons. The van der Waals surface area contributed by atoms with Gasteiger partial charge >= 0.3 is 0 Å². The Labute approximate surface area is 223 Å². The Morgan fingerprint density at radius 2 is 1.69 bits per heavy atom. The lowest BCUT2D eigenvalue weighted by Crippen LogP contribution is -2.49. The number of nitrogens with one attached hydrogen (secondary N) is 1. The molecular formula is C25H33Cl2N3O5S. The van der Waals surface area contributed by atoms with Crippen molar-refractivity contribution in [3.8, 4) is 5.75 Å². The summed E-state index contributed by atoms with van der Waals surface area (Å²) >= 11 is 12.3. The Balaban J connectivity index is 2.20. The van der Waals surface area contributed by atoms with Crippen LogP contribution in [0.3, 0.4) is 0 Å². The number of sulfonamides is 1. The van der Waals surface area contributed by atoms with E-state index in [-0.39, 0.29) is 43.8 Å². The minimum absolute atomic E-state index is 0.0344. The van der Waals surface area contributed by atoms with Gasteiger partial charge in [0.2, 0.25) is 21.8 Å². The third-order valence-corrected chi connectivity index (χ3v) is 7.25. The summed E-state index contributed by atoms with van der Waals surface area (Å²) in [7, 11) is -2.06.